The number of carboxylic acids is 1. The number of thiophene rings is 1. The van der Waals surface area contributed by atoms with Crippen LogP contribution in [-0.4, -0.2) is 47.6 Å². The van der Waals surface area contributed by atoms with Crippen molar-refractivity contribution in [2.45, 2.75) is 25.8 Å². The summed E-state index contributed by atoms with van der Waals surface area (Å²) in [6.07, 6.45) is 2.52. The number of carboxylic acid groups (broad SMARTS) is 1. The van der Waals surface area contributed by atoms with Crippen molar-refractivity contribution in [1.82, 2.24) is 10.2 Å². The average Bonchev–Trinajstić information content (AvgIpc) is 3.09. The molecule has 2 N–H and O–H groups in total. The van der Waals surface area contributed by atoms with Crippen molar-refractivity contribution in [2.24, 2.45) is 0 Å². The molecular formula is C13H18N2O3S. The number of likely N-dealkylation sites (N-methyl/N-ethyl adjacent to an activating group) is 1. The lowest BCUT2D eigenvalue weighted by Crippen LogP contribution is -2.35. The third-order valence-electron chi connectivity index (χ3n) is 3.19. The number of amides is 1. The van der Waals surface area contributed by atoms with Gasteiger partial charge in [0.1, 0.15) is 4.88 Å². The van der Waals surface area contributed by atoms with Crippen LogP contribution in [0.1, 0.15) is 39.1 Å². The van der Waals surface area contributed by atoms with Crippen molar-refractivity contribution >= 4 is 23.2 Å². The Labute approximate surface area is 116 Å². The second-order valence-electron chi connectivity index (χ2n) is 4.58. The first-order valence-electron chi connectivity index (χ1n) is 6.47. The molecule has 19 heavy (non-hydrogen) atoms. The van der Waals surface area contributed by atoms with Gasteiger partial charge >= 0.3 is 5.97 Å². The molecule has 5 nitrogen and oxygen atoms in total. The van der Waals surface area contributed by atoms with E-state index < -0.39 is 5.97 Å². The van der Waals surface area contributed by atoms with Gasteiger partial charge in [-0.1, -0.05) is 6.92 Å². The predicted molar refractivity (Wildman–Crippen MR) is 73.9 cm³/mol. The van der Waals surface area contributed by atoms with E-state index >= 15 is 0 Å². The van der Waals surface area contributed by atoms with E-state index in [0.29, 0.717) is 17.5 Å². The topological polar surface area (TPSA) is 69.6 Å². The predicted octanol–water partition coefficient (Wildman–Crippen LogP) is 1.66. The Morgan fingerprint density at radius 3 is 2.63 bits per heavy atom. The van der Waals surface area contributed by atoms with Crippen molar-refractivity contribution in [2.75, 3.05) is 19.6 Å². The van der Waals surface area contributed by atoms with Gasteiger partial charge in [-0.25, -0.2) is 4.79 Å². The van der Waals surface area contributed by atoms with Gasteiger partial charge < -0.3 is 10.4 Å². The van der Waals surface area contributed by atoms with Crippen molar-refractivity contribution in [1.29, 1.82) is 0 Å². The molecule has 0 bridgehead atoms. The minimum Gasteiger partial charge on any atom is -0.477 e. The Balaban J connectivity index is 1.78. The molecule has 0 spiro atoms. The van der Waals surface area contributed by atoms with Crippen LogP contribution in [0.2, 0.25) is 0 Å². The number of aromatic carboxylic acids is 1. The zero-order chi connectivity index (χ0) is 13.8. The molecule has 0 aromatic carbocycles. The first-order chi connectivity index (χ1) is 9.11. The van der Waals surface area contributed by atoms with E-state index in [9.17, 15) is 9.59 Å². The van der Waals surface area contributed by atoms with Gasteiger partial charge in [-0.2, -0.15) is 0 Å². The highest BCUT2D eigenvalue weighted by Crippen LogP contribution is 2.25. The lowest BCUT2D eigenvalue weighted by molar-refractivity contribution is 0.0702. The number of rotatable bonds is 7. The van der Waals surface area contributed by atoms with E-state index in [1.807, 2.05) is 0 Å². The Kier molecular flexibility index (Phi) is 4.55. The van der Waals surface area contributed by atoms with Crippen molar-refractivity contribution in [3.8, 4) is 0 Å². The van der Waals surface area contributed by atoms with Gasteiger partial charge in [0, 0.05) is 19.1 Å². The molecule has 0 atom stereocenters. The maximum Gasteiger partial charge on any atom is 0.345 e. The molecule has 0 saturated heterocycles. The lowest BCUT2D eigenvalue weighted by atomic mass is 10.4. The first kappa shape index (κ1) is 14.0. The van der Waals surface area contributed by atoms with Gasteiger partial charge in [0.25, 0.3) is 5.91 Å². The number of hydrogen-bond donors (Lipinski definition) is 2. The van der Waals surface area contributed by atoms with Crippen molar-refractivity contribution in [3.63, 3.8) is 0 Å². The number of carbonyl (C=O) groups excluding carboxylic acids is 1. The summed E-state index contributed by atoms with van der Waals surface area (Å²) in [6.45, 7) is 4.58. The third-order valence-corrected chi connectivity index (χ3v) is 4.27. The molecule has 104 valence electrons. The molecule has 1 fully saturated rings. The highest BCUT2D eigenvalue weighted by Gasteiger charge is 2.27. The van der Waals surface area contributed by atoms with Crippen LogP contribution in [0, 0.1) is 0 Å². The second-order valence-corrected chi connectivity index (χ2v) is 5.67. The molecule has 1 amide bonds. The van der Waals surface area contributed by atoms with Crippen LogP contribution in [0.5, 0.6) is 0 Å². The summed E-state index contributed by atoms with van der Waals surface area (Å²) in [4.78, 5) is 25.6. The highest BCUT2D eigenvalue weighted by molar-refractivity contribution is 7.15. The summed E-state index contributed by atoms with van der Waals surface area (Å²) in [5.41, 5.74) is 0. The molecule has 1 aliphatic rings. The molecule has 0 aliphatic heterocycles. The molecule has 1 saturated carbocycles. The maximum absolute atomic E-state index is 11.8. The van der Waals surface area contributed by atoms with E-state index in [-0.39, 0.29) is 10.8 Å². The molecule has 1 aromatic heterocycles. The Morgan fingerprint density at radius 1 is 1.42 bits per heavy atom. The molecule has 0 radical (unpaired) electrons. The summed E-state index contributed by atoms with van der Waals surface area (Å²) in [7, 11) is 0. The molecular weight excluding hydrogens is 264 g/mol. The lowest BCUT2D eigenvalue weighted by Gasteiger charge is -2.19. The van der Waals surface area contributed by atoms with E-state index in [1.165, 1.54) is 18.9 Å². The number of hydrogen-bond acceptors (Lipinski definition) is 4. The van der Waals surface area contributed by atoms with Gasteiger partial charge in [-0.05, 0) is 31.5 Å². The third kappa shape index (κ3) is 3.78. The van der Waals surface area contributed by atoms with Crippen LogP contribution in [0.15, 0.2) is 12.1 Å². The van der Waals surface area contributed by atoms with Gasteiger partial charge in [0.05, 0.1) is 4.88 Å². The molecule has 1 heterocycles. The Morgan fingerprint density at radius 2 is 2.11 bits per heavy atom. The Hall–Kier alpha value is -1.40. The van der Waals surface area contributed by atoms with E-state index in [0.717, 1.165) is 24.4 Å². The zero-order valence-electron chi connectivity index (χ0n) is 10.9. The van der Waals surface area contributed by atoms with Crippen LogP contribution in [0.4, 0.5) is 0 Å². The fourth-order valence-electron chi connectivity index (χ4n) is 2.01. The smallest absolute Gasteiger partial charge is 0.345 e. The van der Waals surface area contributed by atoms with Crippen LogP contribution in [0.25, 0.3) is 0 Å². The quantitative estimate of drug-likeness (QED) is 0.798. The SMILES string of the molecule is CCN(CCNC(=O)c1ccc(C(=O)O)s1)C1CC1. The van der Waals surface area contributed by atoms with Crippen molar-refractivity contribution < 1.29 is 14.7 Å². The summed E-state index contributed by atoms with van der Waals surface area (Å²) in [6, 6.07) is 3.72. The summed E-state index contributed by atoms with van der Waals surface area (Å²) in [5.74, 6) is -1.18. The summed E-state index contributed by atoms with van der Waals surface area (Å²) in [5, 5.41) is 11.6. The van der Waals surface area contributed by atoms with E-state index in [2.05, 4.69) is 17.1 Å². The van der Waals surface area contributed by atoms with Gasteiger partial charge in [0.2, 0.25) is 0 Å². The standard InChI is InChI=1S/C13H18N2O3S/c1-2-15(9-3-4-9)8-7-14-12(16)10-5-6-11(19-10)13(17)18/h5-6,9H,2-4,7-8H2,1H3,(H,14,16)(H,17,18). The highest BCUT2D eigenvalue weighted by atomic mass is 32.1. The zero-order valence-corrected chi connectivity index (χ0v) is 11.7. The molecule has 1 aliphatic carbocycles. The van der Waals surface area contributed by atoms with Crippen LogP contribution < -0.4 is 5.32 Å². The normalized spacial score (nSPS) is 14.6. The largest absolute Gasteiger partial charge is 0.477 e. The van der Waals surface area contributed by atoms with Gasteiger partial charge in [-0.3, -0.25) is 9.69 Å². The van der Waals surface area contributed by atoms with E-state index in [1.54, 1.807) is 6.07 Å². The number of nitrogens with zero attached hydrogens (tertiary/aromatic N) is 1. The van der Waals surface area contributed by atoms with Gasteiger partial charge in [0.15, 0.2) is 0 Å². The van der Waals surface area contributed by atoms with Crippen LogP contribution in [0.3, 0.4) is 0 Å². The second kappa shape index (κ2) is 6.16. The molecule has 2 rings (SSSR count). The fraction of sp³-hybridized carbons (Fsp3) is 0.538. The number of nitrogens with one attached hydrogen (secondary N) is 1. The number of carbonyl (C=O) groups is 2. The first-order valence-corrected chi connectivity index (χ1v) is 7.29. The summed E-state index contributed by atoms with van der Waals surface area (Å²) < 4.78 is 0. The van der Waals surface area contributed by atoms with Crippen molar-refractivity contribution in [3.05, 3.63) is 21.9 Å². The molecule has 0 unspecified atom stereocenters. The fourth-order valence-corrected chi connectivity index (χ4v) is 2.77. The molecule has 6 heteroatoms. The van der Waals surface area contributed by atoms with Crippen LogP contribution >= 0.6 is 11.3 Å². The van der Waals surface area contributed by atoms with Crippen LogP contribution in [-0.2, 0) is 0 Å². The maximum atomic E-state index is 11.8. The summed E-state index contributed by atoms with van der Waals surface area (Å²) >= 11 is 1.01. The Bertz CT molecular complexity index is 468. The monoisotopic (exact) mass is 282 g/mol. The average molecular weight is 282 g/mol. The minimum absolute atomic E-state index is 0.190. The minimum atomic E-state index is -0.991. The molecule has 1 aromatic rings. The van der Waals surface area contributed by atoms with E-state index in [4.69, 9.17) is 5.11 Å². The van der Waals surface area contributed by atoms with Gasteiger partial charge in [-0.15, -0.1) is 11.3 Å².